The van der Waals surface area contributed by atoms with E-state index in [9.17, 15) is 14.9 Å². The highest BCUT2D eigenvalue weighted by Crippen LogP contribution is 2.14. The maximum Gasteiger partial charge on any atom is 0.273 e. The standard InChI is InChI=1S/C13H14N4O4/c1-9-8-12(16-21-9)13(18)15-7-6-14-10-2-4-11(5-3-10)17(19)20/h2-5,8,14H,6-7H2,1H3,(H,15,18). The van der Waals surface area contributed by atoms with Gasteiger partial charge in [0, 0.05) is 37.0 Å². The number of hydrogen-bond donors (Lipinski definition) is 2. The van der Waals surface area contributed by atoms with Gasteiger partial charge in [-0.15, -0.1) is 0 Å². The average molecular weight is 290 g/mol. The Hall–Kier alpha value is -2.90. The third kappa shape index (κ3) is 4.03. The van der Waals surface area contributed by atoms with Gasteiger partial charge in [-0.05, 0) is 19.1 Å². The number of nitro groups is 1. The molecule has 2 N–H and O–H groups in total. The zero-order chi connectivity index (χ0) is 15.2. The summed E-state index contributed by atoms with van der Waals surface area (Å²) in [6, 6.07) is 7.61. The number of non-ortho nitro benzene ring substituents is 1. The van der Waals surface area contributed by atoms with Crippen LogP contribution in [0, 0.1) is 17.0 Å². The molecule has 0 saturated carbocycles. The zero-order valence-corrected chi connectivity index (χ0v) is 11.3. The Morgan fingerprint density at radius 3 is 2.62 bits per heavy atom. The Kier molecular flexibility index (Phi) is 4.50. The van der Waals surface area contributed by atoms with Crippen LogP contribution in [0.4, 0.5) is 11.4 Å². The van der Waals surface area contributed by atoms with Crippen molar-refractivity contribution in [3.63, 3.8) is 0 Å². The maximum absolute atomic E-state index is 11.7. The average Bonchev–Trinajstić information content (AvgIpc) is 2.90. The fraction of sp³-hybridized carbons (Fsp3) is 0.231. The van der Waals surface area contributed by atoms with E-state index >= 15 is 0 Å². The second-order valence-electron chi connectivity index (χ2n) is 4.31. The summed E-state index contributed by atoms with van der Waals surface area (Å²) in [5.74, 6) is 0.265. The molecule has 0 radical (unpaired) electrons. The molecule has 0 aliphatic carbocycles. The van der Waals surface area contributed by atoms with E-state index in [-0.39, 0.29) is 17.3 Å². The Labute approximate surface area is 120 Å². The number of rotatable bonds is 6. The first-order chi connectivity index (χ1) is 10.1. The van der Waals surface area contributed by atoms with Gasteiger partial charge in [-0.3, -0.25) is 14.9 Å². The van der Waals surface area contributed by atoms with Gasteiger partial charge in [-0.2, -0.15) is 0 Å². The topological polar surface area (TPSA) is 110 Å². The number of benzene rings is 1. The molecule has 0 saturated heterocycles. The predicted molar refractivity (Wildman–Crippen MR) is 75.2 cm³/mol. The highest BCUT2D eigenvalue weighted by atomic mass is 16.6. The van der Waals surface area contributed by atoms with Gasteiger partial charge in [-0.25, -0.2) is 0 Å². The third-order valence-corrected chi connectivity index (χ3v) is 2.68. The van der Waals surface area contributed by atoms with Gasteiger partial charge < -0.3 is 15.2 Å². The second-order valence-corrected chi connectivity index (χ2v) is 4.31. The van der Waals surface area contributed by atoms with Crippen molar-refractivity contribution in [3.8, 4) is 0 Å². The van der Waals surface area contributed by atoms with Gasteiger partial charge >= 0.3 is 0 Å². The first kappa shape index (κ1) is 14.5. The third-order valence-electron chi connectivity index (χ3n) is 2.68. The molecule has 0 aliphatic heterocycles. The van der Waals surface area contributed by atoms with Crippen LogP contribution in [0.2, 0.25) is 0 Å². The van der Waals surface area contributed by atoms with Crippen LogP contribution in [-0.2, 0) is 0 Å². The molecule has 0 unspecified atom stereocenters. The summed E-state index contributed by atoms with van der Waals surface area (Å²) >= 11 is 0. The van der Waals surface area contributed by atoms with E-state index in [0.29, 0.717) is 18.8 Å². The fourth-order valence-corrected chi connectivity index (χ4v) is 1.65. The van der Waals surface area contributed by atoms with Crippen LogP contribution >= 0.6 is 0 Å². The Morgan fingerprint density at radius 2 is 2.05 bits per heavy atom. The first-order valence-corrected chi connectivity index (χ1v) is 6.26. The van der Waals surface area contributed by atoms with Gasteiger partial charge in [0.1, 0.15) is 5.76 Å². The van der Waals surface area contributed by atoms with E-state index in [4.69, 9.17) is 4.52 Å². The van der Waals surface area contributed by atoms with Crippen LogP contribution in [0.15, 0.2) is 34.9 Å². The van der Waals surface area contributed by atoms with Crippen molar-refractivity contribution < 1.29 is 14.2 Å². The predicted octanol–water partition coefficient (Wildman–Crippen LogP) is 1.73. The molecule has 8 nitrogen and oxygen atoms in total. The van der Waals surface area contributed by atoms with Crippen LogP contribution in [0.5, 0.6) is 0 Å². The van der Waals surface area contributed by atoms with Crippen molar-refractivity contribution in [1.82, 2.24) is 10.5 Å². The molecule has 2 aromatic rings. The lowest BCUT2D eigenvalue weighted by Crippen LogP contribution is -2.28. The summed E-state index contributed by atoms with van der Waals surface area (Å²) in [6.07, 6.45) is 0. The SMILES string of the molecule is Cc1cc(C(=O)NCCNc2ccc([N+](=O)[O-])cc2)no1. The Morgan fingerprint density at radius 1 is 1.33 bits per heavy atom. The lowest BCUT2D eigenvalue weighted by Gasteiger charge is -2.06. The molecule has 0 atom stereocenters. The van der Waals surface area contributed by atoms with Gasteiger partial charge in [0.2, 0.25) is 0 Å². The molecule has 21 heavy (non-hydrogen) atoms. The molecule has 1 amide bonds. The zero-order valence-electron chi connectivity index (χ0n) is 11.3. The molecule has 0 spiro atoms. The molecule has 110 valence electrons. The molecule has 0 fully saturated rings. The van der Waals surface area contributed by atoms with E-state index in [0.717, 1.165) is 5.69 Å². The number of anilines is 1. The maximum atomic E-state index is 11.7. The Balaban J connectivity index is 1.74. The number of carbonyl (C=O) groups is 1. The smallest absolute Gasteiger partial charge is 0.273 e. The minimum atomic E-state index is -0.454. The van der Waals surface area contributed by atoms with Crippen molar-refractivity contribution in [2.24, 2.45) is 0 Å². The number of nitrogens with one attached hydrogen (secondary N) is 2. The van der Waals surface area contributed by atoms with Crippen LogP contribution in [-0.4, -0.2) is 29.1 Å². The van der Waals surface area contributed by atoms with Gasteiger partial charge in [0.05, 0.1) is 4.92 Å². The van der Waals surface area contributed by atoms with Crippen LogP contribution in [0.1, 0.15) is 16.2 Å². The number of carbonyl (C=O) groups excluding carboxylic acids is 1. The number of nitro benzene ring substituents is 1. The molecular weight excluding hydrogens is 276 g/mol. The molecular formula is C13H14N4O4. The van der Waals surface area contributed by atoms with Gasteiger partial charge in [-0.1, -0.05) is 5.16 Å². The highest BCUT2D eigenvalue weighted by molar-refractivity contribution is 5.92. The number of nitrogens with zero attached hydrogens (tertiary/aromatic N) is 2. The number of hydrogen-bond acceptors (Lipinski definition) is 6. The van der Waals surface area contributed by atoms with Crippen molar-refractivity contribution in [2.45, 2.75) is 6.92 Å². The van der Waals surface area contributed by atoms with Gasteiger partial charge in [0.15, 0.2) is 5.69 Å². The minimum absolute atomic E-state index is 0.0373. The van der Waals surface area contributed by atoms with E-state index in [2.05, 4.69) is 15.8 Å². The van der Waals surface area contributed by atoms with Crippen molar-refractivity contribution >= 4 is 17.3 Å². The van der Waals surface area contributed by atoms with E-state index in [1.165, 1.54) is 12.1 Å². The normalized spacial score (nSPS) is 10.1. The fourth-order valence-electron chi connectivity index (χ4n) is 1.65. The number of aromatic nitrogens is 1. The summed E-state index contributed by atoms with van der Waals surface area (Å²) in [6.45, 7) is 2.59. The quantitative estimate of drug-likeness (QED) is 0.476. The number of aryl methyl sites for hydroxylation is 1. The minimum Gasteiger partial charge on any atom is -0.383 e. The lowest BCUT2D eigenvalue weighted by atomic mass is 10.3. The summed E-state index contributed by atoms with van der Waals surface area (Å²) < 4.78 is 4.81. The van der Waals surface area contributed by atoms with Crippen LogP contribution in [0.3, 0.4) is 0 Å². The van der Waals surface area contributed by atoms with E-state index in [1.807, 2.05) is 0 Å². The Bertz CT molecular complexity index is 636. The summed E-state index contributed by atoms with van der Waals surface area (Å²) in [4.78, 5) is 21.7. The van der Waals surface area contributed by atoms with E-state index < -0.39 is 4.92 Å². The summed E-state index contributed by atoms with van der Waals surface area (Å²) in [7, 11) is 0. The summed E-state index contributed by atoms with van der Waals surface area (Å²) in [5.41, 5.74) is 1.02. The lowest BCUT2D eigenvalue weighted by molar-refractivity contribution is -0.384. The largest absolute Gasteiger partial charge is 0.383 e. The number of amides is 1. The van der Waals surface area contributed by atoms with Crippen molar-refractivity contribution in [2.75, 3.05) is 18.4 Å². The second kappa shape index (κ2) is 6.51. The molecule has 1 aromatic heterocycles. The van der Waals surface area contributed by atoms with E-state index in [1.54, 1.807) is 25.1 Å². The van der Waals surface area contributed by atoms with Crippen molar-refractivity contribution in [3.05, 3.63) is 51.9 Å². The molecule has 1 aromatic carbocycles. The van der Waals surface area contributed by atoms with Crippen LogP contribution in [0.25, 0.3) is 0 Å². The molecule has 0 aliphatic rings. The molecule has 1 heterocycles. The molecule has 2 rings (SSSR count). The molecule has 8 heteroatoms. The summed E-state index contributed by atoms with van der Waals surface area (Å²) in [5, 5.41) is 19.8. The monoisotopic (exact) mass is 290 g/mol. The molecule has 0 bridgehead atoms. The van der Waals surface area contributed by atoms with Crippen molar-refractivity contribution in [1.29, 1.82) is 0 Å². The van der Waals surface area contributed by atoms with Gasteiger partial charge in [0.25, 0.3) is 11.6 Å². The highest BCUT2D eigenvalue weighted by Gasteiger charge is 2.09. The first-order valence-electron chi connectivity index (χ1n) is 6.26. The van der Waals surface area contributed by atoms with Crippen LogP contribution < -0.4 is 10.6 Å².